The molecule has 0 aromatic heterocycles. The fraction of sp³-hybridized carbons (Fsp3) is 0.533. The Morgan fingerprint density at radius 2 is 2.00 bits per heavy atom. The van der Waals surface area contributed by atoms with Gasteiger partial charge < -0.3 is 10.1 Å². The van der Waals surface area contributed by atoms with Crippen LogP contribution in [0, 0.1) is 5.92 Å². The second kappa shape index (κ2) is 6.47. The van der Waals surface area contributed by atoms with Crippen LogP contribution in [0.15, 0.2) is 24.3 Å². The Morgan fingerprint density at radius 3 is 2.52 bits per heavy atom. The predicted molar refractivity (Wildman–Crippen MR) is 71.5 cm³/mol. The van der Waals surface area contributed by atoms with Crippen LogP contribution in [0.5, 0.6) is 0 Å². The van der Waals surface area contributed by atoms with Crippen LogP contribution < -0.4 is 5.32 Å². The Labute approximate surface area is 121 Å². The molecule has 1 heterocycles. The van der Waals surface area contributed by atoms with Crippen molar-refractivity contribution in [3.63, 3.8) is 0 Å². The summed E-state index contributed by atoms with van der Waals surface area (Å²) < 4.78 is 42.7. The fourth-order valence-electron chi connectivity index (χ4n) is 2.32. The Hall–Kier alpha value is -1.56. The van der Waals surface area contributed by atoms with Crippen molar-refractivity contribution in [3.8, 4) is 0 Å². The van der Waals surface area contributed by atoms with Gasteiger partial charge in [-0.15, -0.1) is 0 Å². The van der Waals surface area contributed by atoms with E-state index in [0.29, 0.717) is 18.8 Å². The van der Waals surface area contributed by atoms with Gasteiger partial charge in [-0.3, -0.25) is 4.79 Å². The minimum absolute atomic E-state index is 0.109. The molecule has 2 rings (SSSR count). The van der Waals surface area contributed by atoms with Gasteiger partial charge in [-0.25, -0.2) is 0 Å². The number of ether oxygens (including phenoxy) is 1. The molecule has 1 aliphatic rings. The Balaban J connectivity index is 1.96. The molecule has 2 atom stereocenters. The van der Waals surface area contributed by atoms with E-state index < -0.39 is 11.7 Å². The third kappa shape index (κ3) is 4.20. The van der Waals surface area contributed by atoms with Crippen molar-refractivity contribution in [3.05, 3.63) is 35.4 Å². The van der Waals surface area contributed by atoms with Crippen molar-refractivity contribution in [2.45, 2.75) is 32.0 Å². The zero-order chi connectivity index (χ0) is 15.5. The number of carbonyl (C=O) groups is 1. The average molecular weight is 301 g/mol. The maximum atomic E-state index is 12.5. The van der Waals surface area contributed by atoms with Crippen molar-refractivity contribution in [2.24, 2.45) is 5.92 Å². The topological polar surface area (TPSA) is 38.3 Å². The van der Waals surface area contributed by atoms with E-state index in [9.17, 15) is 18.0 Å². The molecular weight excluding hydrogens is 283 g/mol. The van der Waals surface area contributed by atoms with Crippen LogP contribution in [0.2, 0.25) is 0 Å². The SMILES string of the molecule is C[C@@H](NC(=O)[C@@H]1CCCOC1)c1ccc(C(F)(F)F)cc1. The summed E-state index contributed by atoms with van der Waals surface area (Å²) in [6.45, 7) is 2.84. The van der Waals surface area contributed by atoms with Gasteiger partial charge in [0.1, 0.15) is 0 Å². The van der Waals surface area contributed by atoms with E-state index >= 15 is 0 Å². The highest BCUT2D eigenvalue weighted by atomic mass is 19.4. The fourth-order valence-corrected chi connectivity index (χ4v) is 2.32. The summed E-state index contributed by atoms with van der Waals surface area (Å²) in [5, 5.41) is 2.82. The van der Waals surface area contributed by atoms with Gasteiger partial charge in [0.2, 0.25) is 5.91 Å². The molecular formula is C15H18F3NO2. The van der Waals surface area contributed by atoms with E-state index in [1.807, 2.05) is 0 Å². The molecule has 0 aliphatic carbocycles. The quantitative estimate of drug-likeness (QED) is 0.930. The second-order valence-corrected chi connectivity index (χ2v) is 5.26. The summed E-state index contributed by atoms with van der Waals surface area (Å²) in [4.78, 5) is 12.0. The normalized spacial score (nSPS) is 20.9. The molecule has 1 amide bonds. The summed E-state index contributed by atoms with van der Waals surface area (Å²) in [6.07, 6.45) is -2.71. The highest BCUT2D eigenvalue weighted by Crippen LogP contribution is 2.30. The second-order valence-electron chi connectivity index (χ2n) is 5.26. The molecule has 1 fully saturated rings. The third-order valence-electron chi connectivity index (χ3n) is 3.63. The number of halogens is 3. The van der Waals surface area contributed by atoms with Gasteiger partial charge in [-0.2, -0.15) is 13.2 Å². The van der Waals surface area contributed by atoms with Crippen molar-refractivity contribution < 1.29 is 22.7 Å². The smallest absolute Gasteiger partial charge is 0.381 e. The molecule has 3 nitrogen and oxygen atoms in total. The molecule has 1 saturated heterocycles. The summed E-state index contributed by atoms with van der Waals surface area (Å²) in [6, 6.07) is 4.52. The van der Waals surface area contributed by atoms with E-state index in [0.717, 1.165) is 25.0 Å². The minimum atomic E-state index is -4.34. The van der Waals surface area contributed by atoms with Gasteiger partial charge in [0, 0.05) is 6.61 Å². The molecule has 0 radical (unpaired) electrons. The minimum Gasteiger partial charge on any atom is -0.381 e. The number of carbonyl (C=O) groups excluding carboxylic acids is 1. The first-order valence-corrected chi connectivity index (χ1v) is 6.93. The van der Waals surface area contributed by atoms with E-state index in [4.69, 9.17) is 4.74 Å². The molecule has 0 saturated carbocycles. The van der Waals surface area contributed by atoms with Gasteiger partial charge in [0.25, 0.3) is 0 Å². The van der Waals surface area contributed by atoms with Crippen molar-refractivity contribution in [2.75, 3.05) is 13.2 Å². The summed E-state index contributed by atoms with van der Waals surface area (Å²) >= 11 is 0. The summed E-state index contributed by atoms with van der Waals surface area (Å²) in [5.41, 5.74) is -0.0430. The molecule has 0 unspecified atom stereocenters. The van der Waals surface area contributed by atoms with Gasteiger partial charge in [-0.05, 0) is 37.5 Å². The Kier molecular flexibility index (Phi) is 4.88. The average Bonchev–Trinajstić information content (AvgIpc) is 2.47. The first-order valence-electron chi connectivity index (χ1n) is 6.93. The molecule has 1 aromatic carbocycles. The van der Waals surface area contributed by atoms with E-state index in [-0.39, 0.29) is 17.9 Å². The number of hydrogen-bond donors (Lipinski definition) is 1. The summed E-state index contributed by atoms with van der Waals surface area (Å²) in [5.74, 6) is -0.280. The van der Waals surface area contributed by atoms with Crippen LogP contribution in [-0.4, -0.2) is 19.1 Å². The zero-order valence-electron chi connectivity index (χ0n) is 11.7. The third-order valence-corrected chi connectivity index (χ3v) is 3.63. The lowest BCUT2D eigenvalue weighted by Crippen LogP contribution is -2.36. The van der Waals surface area contributed by atoms with Crippen molar-refractivity contribution >= 4 is 5.91 Å². The van der Waals surface area contributed by atoms with E-state index in [2.05, 4.69) is 5.32 Å². The van der Waals surface area contributed by atoms with E-state index in [1.54, 1.807) is 6.92 Å². The predicted octanol–water partition coefficient (Wildman–Crippen LogP) is 3.31. The zero-order valence-corrected chi connectivity index (χ0v) is 11.7. The molecule has 1 aliphatic heterocycles. The standard InChI is InChI=1S/C15H18F3NO2/c1-10(19-14(20)12-3-2-8-21-9-12)11-4-6-13(7-5-11)15(16,17)18/h4-7,10,12H,2-3,8-9H2,1H3,(H,19,20)/t10-,12-/m1/s1. The van der Waals surface area contributed by atoms with Gasteiger partial charge in [0.05, 0.1) is 24.1 Å². The number of hydrogen-bond acceptors (Lipinski definition) is 2. The Bertz CT molecular complexity index is 479. The van der Waals surface area contributed by atoms with Crippen molar-refractivity contribution in [1.29, 1.82) is 0 Å². The van der Waals surface area contributed by atoms with Gasteiger partial charge >= 0.3 is 6.18 Å². The van der Waals surface area contributed by atoms with Gasteiger partial charge in [0.15, 0.2) is 0 Å². The molecule has 21 heavy (non-hydrogen) atoms. The molecule has 6 heteroatoms. The maximum Gasteiger partial charge on any atom is 0.416 e. The van der Waals surface area contributed by atoms with Gasteiger partial charge in [-0.1, -0.05) is 12.1 Å². The number of nitrogens with one attached hydrogen (secondary N) is 1. The van der Waals surface area contributed by atoms with E-state index in [1.165, 1.54) is 12.1 Å². The molecule has 1 N–H and O–H groups in total. The molecule has 0 bridgehead atoms. The lowest BCUT2D eigenvalue weighted by molar-refractivity contribution is -0.137. The number of rotatable bonds is 3. The summed E-state index contributed by atoms with van der Waals surface area (Å²) in [7, 11) is 0. The lowest BCUT2D eigenvalue weighted by Gasteiger charge is -2.23. The number of benzene rings is 1. The van der Waals surface area contributed by atoms with Crippen LogP contribution >= 0.6 is 0 Å². The van der Waals surface area contributed by atoms with Crippen LogP contribution in [0.4, 0.5) is 13.2 Å². The monoisotopic (exact) mass is 301 g/mol. The van der Waals surface area contributed by atoms with Crippen LogP contribution in [0.25, 0.3) is 0 Å². The van der Waals surface area contributed by atoms with Crippen LogP contribution in [-0.2, 0) is 15.7 Å². The van der Waals surface area contributed by atoms with Crippen molar-refractivity contribution in [1.82, 2.24) is 5.32 Å². The molecule has 0 spiro atoms. The number of alkyl halides is 3. The first-order chi connectivity index (χ1) is 9.88. The molecule has 116 valence electrons. The highest BCUT2D eigenvalue weighted by molar-refractivity contribution is 5.79. The number of amides is 1. The highest BCUT2D eigenvalue weighted by Gasteiger charge is 2.30. The van der Waals surface area contributed by atoms with Crippen LogP contribution in [0.1, 0.15) is 36.9 Å². The maximum absolute atomic E-state index is 12.5. The lowest BCUT2D eigenvalue weighted by atomic mass is 10.00. The first kappa shape index (κ1) is 15.8. The largest absolute Gasteiger partial charge is 0.416 e. The molecule has 1 aromatic rings. The Morgan fingerprint density at radius 1 is 1.33 bits per heavy atom. The van der Waals surface area contributed by atoms with Crippen LogP contribution in [0.3, 0.4) is 0 Å².